The van der Waals surface area contributed by atoms with Gasteiger partial charge in [-0.2, -0.15) is 0 Å². The molecule has 0 atom stereocenters. The van der Waals surface area contributed by atoms with Crippen LogP contribution in [0.2, 0.25) is 0 Å². The quantitative estimate of drug-likeness (QED) is 0.210. The molecule has 0 aliphatic carbocycles. The van der Waals surface area contributed by atoms with Gasteiger partial charge in [0.1, 0.15) is 17.9 Å². The zero-order chi connectivity index (χ0) is 28.9. The van der Waals surface area contributed by atoms with Crippen LogP contribution in [-0.2, 0) is 20.9 Å². The highest BCUT2D eigenvalue weighted by atomic mass is 16.5. The van der Waals surface area contributed by atoms with Crippen molar-refractivity contribution in [2.45, 2.75) is 57.7 Å². The Balaban J connectivity index is 1.43. The summed E-state index contributed by atoms with van der Waals surface area (Å²) in [5.41, 5.74) is 3.20. The predicted molar refractivity (Wildman–Crippen MR) is 149 cm³/mol. The molecule has 4 rings (SSSR count). The first kappa shape index (κ1) is 29.0. The third-order valence-corrected chi connectivity index (χ3v) is 7.64. The molecule has 0 spiro atoms. The number of aromatic nitrogens is 1. The van der Waals surface area contributed by atoms with Crippen LogP contribution in [0.1, 0.15) is 54.7 Å². The number of fused-ring (bicyclic) bond motifs is 1. The number of hydroxylamine groups is 1. The minimum atomic E-state index is -0.887. The first-order chi connectivity index (χ1) is 19.1. The van der Waals surface area contributed by atoms with E-state index in [1.54, 1.807) is 43.6 Å². The number of pyridine rings is 1. The number of hydrogen-bond donors (Lipinski definition) is 3. The van der Waals surface area contributed by atoms with Crippen molar-refractivity contribution in [2.24, 2.45) is 0 Å². The van der Waals surface area contributed by atoms with Crippen molar-refractivity contribution < 1.29 is 29.1 Å². The topological polar surface area (TPSA) is 130 Å². The fourth-order valence-corrected chi connectivity index (χ4v) is 5.26. The van der Waals surface area contributed by atoms with Gasteiger partial charge in [0.2, 0.25) is 5.91 Å². The Morgan fingerprint density at radius 2 is 1.75 bits per heavy atom. The zero-order valence-corrected chi connectivity index (χ0v) is 23.3. The van der Waals surface area contributed by atoms with Crippen LogP contribution in [0.3, 0.4) is 0 Å². The average Bonchev–Trinajstić information content (AvgIpc) is 2.95. The molecule has 10 heteroatoms. The molecule has 1 aliphatic heterocycles. The van der Waals surface area contributed by atoms with Crippen molar-refractivity contribution in [3.63, 3.8) is 0 Å². The maximum atomic E-state index is 13.3. The lowest BCUT2D eigenvalue weighted by atomic mass is 9.82. The van der Waals surface area contributed by atoms with Crippen LogP contribution in [-0.4, -0.2) is 64.2 Å². The summed E-state index contributed by atoms with van der Waals surface area (Å²) >= 11 is 0. The minimum Gasteiger partial charge on any atom is -0.489 e. The van der Waals surface area contributed by atoms with Crippen molar-refractivity contribution in [1.29, 1.82) is 0 Å². The number of benzene rings is 2. The number of aryl methyl sites for hydroxylation is 1. The summed E-state index contributed by atoms with van der Waals surface area (Å²) in [4.78, 5) is 44.2. The highest BCUT2D eigenvalue weighted by molar-refractivity contribution is 5.95. The van der Waals surface area contributed by atoms with Crippen LogP contribution in [0.15, 0.2) is 54.6 Å². The van der Waals surface area contributed by atoms with Crippen molar-refractivity contribution in [3.05, 3.63) is 71.4 Å². The van der Waals surface area contributed by atoms with Crippen molar-refractivity contribution in [3.8, 4) is 5.75 Å². The summed E-state index contributed by atoms with van der Waals surface area (Å²) in [6, 6.07) is 16.7. The Labute approximate surface area is 233 Å². The molecule has 1 aromatic heterocycles. The zero-order valence-electron chi connectivity index (χ0n) is 23.3. The number of esters is 1. The number of amides is 2. The van der Waals surface area contributed by atoms with Crippen LogP contribution in [0.25, 0.3) is 10.9 Å². The number of nitrogens with one attached hydrogen (secondary N) is 2. The third kappa shape index (κ3) is 6.40. The van der Waals surface area contributed by atoms with Crippen LogP contribution < -0.4 is 15.5 Å². The molecule has 2 aromatic carbocycles. The smallest absolute Gasteiger partial charge is 0.325 e. The second kappa shape index (κ2) is 12.0. The number of para-hydroxylation sites is 1. The molecular weight excluding hydrogens is 512 g/mol. The molecule has 2 amide bonds. The van der Waals surface area contributed by atoms with Gasteiger partial charge in [0, 0.05) is 35.3 Å². The molecule has 2 heterocycles. The van der Waals surface area contributed by atoms with Gasteiger partial charge in [-0.1, -0.05) is 18.2 Å². The summed E-state index contributed by atoms with van der Waals surface area (Å²) in [6.45, 7) is 6.78. The summed E-state index contributed by atoms with van der Waals surface area (Å²) in [7, 11) is 1.35. The van der Waals surface area contributed by atoms with E-state index in [1.165, 1.54) is 7.11 Å². The van der Waals surface area contributed by atoms with Crippen LogP contribution in [0.5, 0.6) is 5.75 Å². The summed E-state index contributed by atoms with van der Waals surface area (Å²) in [5.74, 6) is -0.674. The Kier molecular flexibility index (Phi) is 8.70. The first-order valence-electron chi connectivity index (χ1n) is 13.2. The molecule has 1 fully saturated rings. The molecule has 40 heavy (non-hydrogen) atoms. The fourth-order valence-electron chi connectivity index (χ4n) is 5.26. The predicted octanol–water partition coefficient (Wildman–Crippen LogP) is 3.53. The molecule has 1 saturated heterocycles. The van der Waals surface area contributed by atoms with E-state index in [4.69, 9.17) is 14.7 Å². The van der Waals surface area contributed by atoms with E-state index in [2.05, 4.69) is 10.3 Å². The van der Waals surface area contributed by atoms with E-state index >= 15 is 0 Å². The molecule has 212 valence electrons. The van der Waals surface area contributed by atoms with Crippen molar-refractivity contribution in [2.75, 3.05) is 20.2 Å². The number of ether oxygens (including phenoxy) is 2. The van der Waals surface area contributed by atoms with E-state index in [0.717, 1.165) is 22.2 Å². The molecule has 3 N–H and O–H groups in total. The van der Waals surface area contributed by atoms with Gasteiger partial charge in [0.25, 0.3) is 5.91 Å². The summed E-state index contributed by atoms with van der Waals surface area (Å²) < 4.78 is 11.0. The maximum absolute atomic E-state index is 13.3. The van der Waals surface area contributed by atoms with Gasteiger partial charge in [-0.15, -0.1) is 0 Å². The molecule has 0 saturated carbocycles. The summed E-state index contributed by atoms with van der Waals surface area (Å²) in [5, 5.41) is 13.2. The highest BCUT2D eigenvalue weighted by Crippen LogP contribution is 2.31. The molecular formula is C30H36N4O6. The SMILES string of the molecule is COC(=O)C(C)(C)N1CCC(CC(=O)NO)(NC(=O)c2ccc(OCc3cc(C)nc4ccccc34)cc2)CC1. The summed E-state index contributed by atoms with van der Waals surface area (Å²) in [6.07, 6.45) is 0.725. The number of piperidine rings is 1. The third-order valence-electron chi connectivity index (χ3n) is 7.64. The van der Waals surface area contributed by atoms with Gasteiger partial charge in [-0.3, -0.25) is 29.5 Å². The first-order valence-corrected chi connectivity index (χ1v) is 13.2. The minimum absolute atomic E-state index is 0.0950. The Morgan fingerprint density at radius 1 is 1.07 bits per heavy atom. The molecule has 3 aromatic rings. The lowest BCUT2D eigenvalue weighted by Gasteiger charge is -2.46. The fraction of sp³-hybridized carbons (Fsp3) is 0.400. The molecule has 0 radical (unpaired) electrons. The van der Waals surface area contributed by atoms with Gasteiger partial charge >= 0.3 is 5.97 Å². The second-order valence-electron chi connectivity index (χ2n) is 10.7. The molecule has 0 unspecified atom stereocenters. The van der Waals surface area contributed by atoms with Crippen molar-refractivity contribution in [1.82, 2.24) is 20.7 Å². The average molecular weight is 549 g/mol. The standard InChI is InChI=1S/C30H36N4O6/c1-20-17-22(24-7-5-6-8-25(24)31-20)19-40-23-11-9-21(10-12-23)27(36)32-30(18-26(35)33-38)13-15-34(16-14-30)29(2,3)28(37)39-4/h5-12,17,38H,13-16,18-19H2,1-4H3,(H,32,36)(H,33,35). The van der Waals surface area contributed by atoms with Crippen LogP contribution in [0.4, 0.5) is 0 Å². The molecule has 1 aliphatic rings. The maximum Gasteiger partial charge on any atom is 0.325 e. The van der Waals surface area contributed by atoms with Gasteiger partial charge in [0.15, 0.2) is 0 Å². The largest absolute Gasteiger partial charge is 0.489 e. The lowest BCUT2D eigenvalue weighted by Crippen LogP contribution is -2.61. The highest BCUT2D eigenvalue weighted by Gasteiger charge is 2.44. The Hall–Kier alpha value is -4.02. The van der Waals surface area contributed by atoms with Gasteiger partial charge in [-0.25, -0.2) is 5.48 Å². The lowest BCUT2D eigenvalue weighted by molar-refractivity contribution is -0.154. The van der Waals surface area contributed by atoms with Gasteiger partial charge in [-0.05, 0) is 70.0 Å². The van der Waals surface area contributed by atoms with E-state index < -0.39 is 17.0 Å². The van der Waals surface area contributed by atoms with E-state index in [-0.39, 0.29) is 18.3 Å². The number of nitrogens with zero attached hydrogens (tertiary/aromatic N) is 2. The second-order valence-corrected chi connectivity index (χ2v) is 10.7. The van der Waals surface area contributed by atoms with Gasteiger partial charge in [0.05, 0.1) is 24.6 Å². The Morgan fingerprint density at radius 3 is 2.40 bits per heavy atom. The Bertz CT molecular complexity index is 1380. The number of rotatable bonds is 9. The van der Waals surface area contributed by atoms with Crippen LogP contribution >= 0.6 is 0 Å². The van der Waals surface area contributed by atoms with E-state index in [9.17, 15) is 14.4 Å². The van der Waals surface area contributed by atoms with Crippen molar-refractivity contribution >= 4 is 28.7 Å². The number of methoxy groups -OCH3 is 1. The van der Waals surface area contributed by atoms with E-state index in [1.807, 2.05) is 42.2 Å². The van der Waals surface area contributed by atoms with Gasteiger partial charge < -0.3 is 14.8 Å². The van der Waals surface area contributed by atoms with Crippen LogP contribution in [0, 0.1) is 6.92 Å². The normalized spacial score (nSPS) is 15.3. The monoisotopic (exact) mass is 548 g/mol. The number of hydrogen-bond acceptors (Lipinski definition) is 8. The number of likely N-dealkylation sites (tertiary alicyclic amines) is 1. The number of carbonyl (C=O) groups is 3. The molecule has 10 nitrogen and oxygen atoms in total. The number of carbonyl (C=O) groups excluding carboxylic acids is 3. The molecule has 0 bridgehead atoms. The van der Waals surface area contributed by atoms with E-state index in [0.29, 0.717) is 43.9 Å².